The molecule has 1 aromatic heterocycles. The summed E-state index contributed by atoms with van der Waals surface area (Å²) in [5.74, 6) is 0.179. The van der Waals surface area contributed by atoms with Crippen molar-refractivity contribution < 1.29 is 9.13 Å². The molecule has 4 nitrogen and oxygen atoms in total. The Morgan fingerprint density at radius 2 is 2.29 bits per heavy atom. The second-order valence-electron chi connectivity index (χ2n) is 3.33. The largest absolute Gasteiger partial charge is 0.480 e. The molecule has 0 amide bonds. The first-order valence-corrected chi connectivity index (χ1v) is 6.33. The lowest BCUT2D eigenvalue weighted by molar-refractivity contribution is 0.208. The molecule has 2 aromatic rings. The highest BCUT2D eigenvalue weighted by molar-refractivity contribution is 9.10. The summed E-state index contributed by atoms with van der Waals surface area (Å²) in [6.45, 7) is 1.74. The summed E-state index contributed by atoms with van der Waals surface area (Å²) in [4.78, 5) is 3.98. The Balaban J connectivity index is 2.15. The van der Waals surface area contributed by atoms with E-state index in [-0.39, 0.29) is 5.75 Å². The van der Waals surface area contributed by atoms with Crippen molar-refractivity contribution in [3.8, 4) is 5.75 Å². The molecule has 1 atom stereocenters. The smallest absolute Gasteiger partial charge is 0.200 e. The fourth-order valence-electron chi connectivity index (χ4n) is 1.23. The number of rotatable bonds is 3. The van der Waals surface area contributed by atoms with Gasteiger partial charge >= 0.3 is 0 Å². The highest BCUT2D eigenvalue weighted by atomic mass is 79.9. The van der Waals surface area contributed by atoms with Crippen molar-refractivity contribution in [1.82, 2.24) is 9.36 Å². The lowest BCUT2D eigenvalue weighted by atomic mass is 10.3. The van der Waals surface area contributed by atoms with Crippen LogP contribution < -0.4 is 10.5 Å². The minimum atomic E-state index is -0.445. The van der Waals surface area contributed by atoms with E-state index in [9.17, 15) is 4.39 Å². The number of ether oxygens (including phenoxy) is 1. The Kier molecular flexibility index (Phi) is 3.58. The number of anilines is 1. The summed E-state index contributed by atoms with van der Waals surface area (Å²) in [7, 11) is 0. The van der Waals surface area contributed by atoms with E-state index < -0.39 is 11.9 Å². The fourth-order valence-corrected chi connectivity index (χ4v) is 2.07. The molecule has 0 spiro atoms. The van der Waals surface area contributed by atoms with Gasteiger partial charge in [0.25, 0.3) is 0 Å². The molecule has 17 heavy (non-hydrogen) atoms. The van der Waals surface area contributed by atoms with E-state index in [1.165, 1.54) is 6.07 Å². The van der Waals surface area contributed by atoms with Crippen LogP contribution in [-0.2, 0) is 0 Å². The molecule has 0 bridgehead atoms. The van der Waals surface area contributed by atoms with Crippen LogP contribution in [0.2, 0.25) is 0 Å². The number of hydrogen-bond donors (Lipinski definition) is 1. The zero-order valence-electron chi connectivity index (χ0n) is 8.85. The van der Waals surface area contributed by atoms with Crippen molar-refractivity contribution in [3.63, 3.8) is 0 Å². The summed E-state index contributed by atoms with van der Waals surface area (Å²) < 4.78 is 23.6. The van der Waals surface area contributed by atoms with Crippen LogP contribution in [0.15, 0.2) is 22.7 Å². The number of benzene rings is 1. The van der Waals surface area contributed by atoms with Gasteiger partial charge in [0.15, 0.2) is 28.6 Å². The molecule has 0 fully saturated rings. The monoisotopic (exact) mass is 317 g/mol. The van der Waals surface area contributed by atoms with Gasteiger partial charge in [-0.25, -0.2) is 4.39 Å². The number of aromatic nitrogens is 2. The molecule has 0 saturated carbocycles. The van der Waals surface area contributed by atoms with Gasteiger partial charge in [-0.2, -0.15) is 9.36 Å². The van der Waals surface area contributed by atoms with Crippen LogP contribution >= 0.6 is 27.5 Å². The zero-order chi connectivity index (χ0) is 12.4. The molecule has 1 aromatic carbocycles. The lowest BCUT2D eigenvalue weighted by Crippen LogP contribution is -2.06. The number of nitrogens with two attached hydrogens (primary N) is 1. The summed E-state index contributed by atoms with van der Waals surface area (Å²) in [6, 6.07) is 4.59. The minimum absolute atomic E-state index is 0.161. The molecule has 7 heteroatoms. The second kappa shape index (κ2) is 4.97. The maximum absolute atomic E-state index is 13.5. The Labute approximate surface area is 110 Å². The zero-order valence-corrected chi connectivity index (χ0v) is 11.3. The van der Waals surface area contributed by atoms with Crippen molar-refractivity contribution in [2.75, 3.05) is 5.73 Å². The van der Waals surface area contributed by atoms with Crippen LogP contribution in [0.25, 0.3) is 0 Å². The topological polar surface area (TPSA) is 61.0 Å². The quantitative estimate of drug-likeness (QED) is 0.944. The molecule has 0 aliphatic carbocycles. The fraction of sp³-hybridized carbons (Fsp3) is 0.200. The number of nitrogen functional groups attached to an aromatic ring is 1. The molecule has 0 aliphatic rings. The van der Waals surface area contributed by atoms with Crippen molar-refractivity contribution in [2.24, 2.45) is 0 Å². The summed E-state index contributed by atoms with van der Waals surface area (Å²) in [5, 5.41) is 0.367. The minimum Gasteiger partial charge on any atom is -0.480 e. The van der Waals surface area contributed by atoms with Crippen LogP contribution in [0.3, 0.4) is 0 Å². The van der Waals surface area contributed by atoms with Gasteiger partial charge in [0.1, 0.15) is 0 Å². The third-order valence-electron chi connectivity index (χ3n) is 2.02. The van der Waals surface area contributed by atoms with Gasteiger partial charge < -0.3 is 10.5 Å². The van der Waals surface area contributed by atoms with Gasteiger partial charge in [-0.15, -0.1) is 0 Å². The average Bonchev–Trinajstić information content (AvgIpc) is 2.69. The molecular formula is C10H9BrFN3OS. The third-order valence-corrected chi connectivity index (χ3v) is 3.07. The Morgan fingerprint density at radius 1 is 1.53 bits per heavy atom. The normalized spacial score (nSPS) is 12.4. The highest BCUT2D eigenvalue weighted by Gasteiger charge is 2.15. The summed E-state index contributed by atoms with van der Waals surface area (Å²) in [6.07, 6.45) is -0.445. The predicted octanol–water partition coefficient (Wildman–Crippen LogP) is 3.16. The van der Waals surface area contributed by atoms with E-state index in [4.69, 9.17) is 10.5 Å². The van der Waals surface area contributed by atoms with Crippen LogP contribution in [0.1, 0.15) is 18.9 Å². The predicted molar refractivity (Wildman–Crippen MR) is 67.5 cm³/mol. The highest BCUT2D eigenvalue weighted by Crippen LogP contribution is 2.26. The standard InChI is InChI=1S/C10H9BrFN3OS/c1-5(9-14-10(13)17-15-9)16-8-3-2-6(11)4-7(8)12/h2-5H,1H3,(H2,13,14,15). The van der Waals surface area contributed by atoms with Crippen molar-refractivity contribution in [3.05, 3.63) is 34.3 Å². The van der Waals surface area contributed by atoms with Crippen LogP contribution in [0.5, 0.6) is 5.75 Å². The van der Waals surface area contributed by atoms with E-state index in [1.54, 1.807) is 19.1 Å². The molecule has 2 N–H and O–H groups in total. The molecule has 0 saturated heterocycles. The van der Waals surface area contributed by atoms with Crippen molar-refractivity contribution in [2.45, 2.75) is 13.0 Å². The molecule has 1 unspecified atom stereocenters. The Hall–Kier alpha value is -1.21. The first-order valence-electron chi connectivity index (χ1n) is 4.77. The van der Waals surface area contributed by atoms with Gasteiger partial charge in [-0.3, -0.25) is 0 Å². The number of halogens is 2. The lowest BCUT2D eigenvalue weighted by Gasteiger charge is -2.12. The van der Waals surface area contributed by atoms with E-state index in [0.29, 0.717) is 15.4 Å². The van der Waals surface area contributed by atoms with Crippen LogP contribution in [-0.4, -0.2) is 9.36 Å². The second-order valence-corrected chi connectivity index (χ2v) is 5.02. The molecule has 2 rings (SSSR count). The average molecular weight is 318 g/mol. The van der Waals surface area contributed by atoms with Crippen molar-refractivity contribution >= 4 is 32.6 Å². The van der Waals surface area contributed by atoms with Gasteiger partial charge in [0, 0.05) is 16.0 Å². The molecule has 0 radical (unpaired) electrons. The third kappa shape index (κ3) is 2.92. The summed E-state index contributed by atoms with van der Waals surface area (Å²) in [5.41, 5.74) is 5.47. The number of hydrogen-bond acceptors (Lipinski definition) is 5. The maximum Gasteiger partial charge on any atom is 0.200 e. The molecule has 90 valence electrons. The van der Waals surface area contributed by atoms with Crippen LogP contribution in [0.4, 0.5) is 9.52 Å². The van der Waals surface area contributed by atoms with E-state index in [1.807, 2.05) is 0 Å². The summed E-state index contributed by atoms with van der Waals surface area (Å²) >= 11 is 4.26. The Bertz CT molecular complexity index is 534. The number of nitrogens with zero attached hydrogens (tertiary/aromatic N) is 2. The molecular weight excluding hydrogens is 309 g/mol. The Morgan fingerprint density at radius 3 is 2.88 bits per heavy atom. The molecule has 1 heterocycles. The van der Waals surface area contributed by atoms with Gasteiger partial charge in [-0.05, 0) is 25.1 Å². The van der Waals surface area contributed by atoms with E-state index >= 15 is 0 Å². The van der Waals surface area contributed by atoms with Crippen molar-refractivity contribution in [1.29, 1.82) is 0 Å². The van der Waals surface area contributed by atoms with Gasteiger partial charge in [0.05, 0.1) is 0 Å². The van der Waals surface area contributed by atoms with Gasteiger partial charge in [-0.1, -0.05) is 15.9 Å². The van der Waals surface area contributed by atoms with E-state index in [2.05, 4.69) is 25.3 Å². The maximum atomic E-state index is 13.5. The first kappa shape index (κ1) is 12.3. The SMILES string of the molecule is CC(Oc1ccc(Br)cc1F)c1nsc(N)n1. The first-order chi connectivity index (χ1) is 8.06. The molecule has 0 aliphatic heterocycles. The van der Waals surface area contributed by atoms with Crippen LogP contribution in [0, 0.1) is 5.82 Å². The van der Waals surface area contributed by atoms with E-state index in [0.717, 1.165) is 11.5 Å². The van der Waals surface area contributed by atoms with Gasteiger partial charge in [0.2, 0.25) is 0 Å².